The highest BCUT2D eigenvalue weighted by Gasteiger charge is 2.11. The summed E-state index contributed by atoms with van der Waals surface area (Å²) in [4.78, 5) is 12.6. The van der Waals surface area contributed by atoms with Gasteiger partial charge in [-0.2, -0.15) is 5.26 Å². The number of rotatable bonds is 6. The molecule has 18 heavy (non-hydrogen) atoms. The zero-order chi connectivity index (χ0) is 13.5. The zero-order valence-corrected chi connectivity index (χ0v) is 10.9. The summed E-state index contributed by atoms with van der Waals surface area (Å²) in [6.45, 7) is 3.16. The molecule has 0 saturated heterocycles. The highest BCUT2D eigenvalue weighted by atomic mass is 35.5. The molecule has 0 saturated carbocycles. The van der Waals surface area contributed by atoms with E-state index in [1.54, 1.807) is 18.2 Å². The van der Waals surface area contributed by atoms with Crippen molar-refractivity contribution in [3.05, 3.63) is 34.3 Å². The van der Waals surface area contributed by atoms with E-state index in [-0.39, 0.29) is 6.54 Å². The maximum atomic E-state index is 10.7. The molecule has 5 heteroatoms. The van der Waals surface area contributed by atoms with E-state index < -0.39 is 5.97 Å². The van der Waals surface area contributed by atoms with Gasteiger partial charge in [0.1, 0.15) is 0 Å². The fraction of sp³-hybridized carbons (Fsp3) is 0.385. The molecule has 1 N–H and O–H groups in total. The first kappa shape index (κ1) is 14.5. The topological polar surface area (TPSA) is 64.3 Å². The minimum atomic E-state index is -0.854. The summed E-state index contributed by atoms with van der Waals surface area (Å²) in [5, 5.41) is 18.1. The first-order chi connectivity index (χ1) is 8.56. The second kappa shape index (κ2) is 7.00. The van der Waals surface area contributed by atoms with Crippen LogP contribution < -0.4 is 0 Å². The number of halogens is 1. The largest absolute Gasteiger partial charge is 0.480 e. The van der Waals surface area contributed by atoms with Crippen LogP contribution in [0.15, 0.2) is 18.2 Å². The third-order valence-electron chi connectivity index (χ3n) is 2.47. The van der Waals surface area contributed by atoms with Crippen molar-refractivity contribution >= 4 is 17.6 Å². The summed E-state index contributed by atoms with van der Waals surface area (Å²) in [6, 6.07) is 7.07. The van der Waals surface area contributed by atoms with Gasteiger partial charge in [-0.15, -0.1) is 0 Å². The highest BCUT2D eigenvalue weighted by molar-refractivity contribution is 6.31. The Hall–Kier alpha value is -1.57. The Bertz CT molecular complexity index is 469. The lowest BCUT2D eigenvalue weighted by atomic mass is 10.1. The van der Waals surface area contributed by atoms with Crippen molar-refractivity contribution < 1.29 is 9.90 Å². The van der Waals surface area contributed by atoms with E-state index in [0.717, 1.165) is 12.0 Å². The van der Waals surface area contributed by atoms with Gasteiger partial charge in [-0.1, -0.05) is 24.6 Å². The van der Waals surface area contributed by atoms with Crippen LogP contribution >= 0.6 is 11.6 Å². The smallest absolute Gasteiger partial charge is 0.317 e. The van der Waals surface area contributed by atoms with Crippen molar-refractivity contribution in [1.82, 2.24) is 4.90 Å². The monoisotopic (exact) mass is 266 g/mol. The molecule has 1 aromatic rings. The van der Waals surface area contributed by atoms with Crippen LogP contribution in [-0.4, -0.2) is 29.1 Å². The molecule has 1 aromatic carbocycles. The summed E-state index contributed by atoms with van der Waals surface area (Å²) < 4.78 is 0. The fourth-order valence-electron chi connectivity index (χ4n) is 1.71. The van der Waals surface area contributed by atoms with E-state index in [9.17, 15) is 4.79 Å². The molecule has 0 atom stereocenters. The van der Waals surface area contributed by atoms with Crippen molar-refractivity contribution in [3.8, 4) is 6.07 Å². The first-order valence-electron chi connectivity index (χ1n) is 5.69. The number of hydrogen-bond donors (Lipinski definition) is 1. The van der Waals surface area contributed by atoms with Gasteiger partial charge in [0.25, 0.3) is 0 Å². The van der Waals surface area contributed by atoms with Crippen LogP contribution in [-0.2, 0) is 11.3 Å². The molecule has 4 nitrogen and oxygen atoms in total. The van der Waals surface area contributed by atoms with Gasteiger partial charge in [0.2, 0.25) is 0 Å². The number of carboxylic acid groups (broad SMARTS) is 1. The normalized spacial score (nSPS) is 10.3. The van der Waals surface area contributed by atoms with Crippen LogP contribution in [0.25, 0.3) is 0 Å². The summed E-state index contributed by atoms with van der Waals surface area (Å²) in [7, 11) is 0. The van der Waals surface area contributed by atoms with Crippen LogP contribution in [0.1, 0.15) is 24.5 Å². The van der Waals surface area contributed by atoms with Crippen molar-refractivity contribution in [3.63, 3.8) is 0 Å². The van der Waals surface area contributed by atoms with Crippen molar-refractivity contribution in [2.75, 3.05) is 13.1 Å². The van der Waals surface area contributed by atoms with E-state index in [0.29, 0.717) is 23.7 Å². The SMILES string of the molecule is CCCN(CC(=O)O)Cc1ccc(C#N)cc1Cl. The highest BCUT2D eigenvalue weighted by Crippen LogP contribution is 2.19. The number of carbonyl (C=O) groups is 1. The third-order valence-corrected chi connectivity index (χ3v) is 2.83. The number of benzene rings is 1. The van der Waals surface area contributed by atoms with Crippen molar-refractivity contribution in [1.29, 1.82) is 5.26 Å². The molecule has 0 aliphatic carbocycles. The Morgan fingerprint density at radius 2 is 2.28 bits per heavy atom. The fourth-order valence-corrected chi connectivity index (χ4v) is 1.95. The molecule has 0 amide bonds. The first-order valence-corrected chi connectivity index (χ1v) is 6.07. The number of aliphatic carboxylic acids is 1. The van der Waals surface area contributed by atoms with Crippen LogP contribution in [0.5, 0.6) is 0 Å². The number of nitrogens with zero attached hydrogens (tertiary/aromatic N) is 2. The molecule has 0 aliphatic rings. The van der Waals surface area contributed by atoms with Crippen molar-refractivity contribution in [2.24, 2.45) is 0 Å². The Morgan fingerprint density at radius 1 is 1.56 bits per heavy atom. The zero-order valence-electron chi connectivity index (χ0n) is 10.2. The third kappa shape index (κ3) is 4.36. The van der Waals surface area contributed by atoms with Crippen molar-refractivity contribution in [2.45, 2.75) is 19.9 Å². The quantitative estimate of drug-likeness (QED) is 0.859. The molecule has 0 heterocycles. The Kier molecular flexibility index (Phi) is 5.63. The Morgan fingerprint density at radius 3 is 2.78 bits per heavy atom. The van der Waals surface area contributed by atoms with Gasteiger partial charge in [0, 0.05) is 11.6 Å². The lowest BCUT2D eigenvalue weighted by Crippen LogP contribution is -2.30. The Balaban J connectivity index is 2.80. The van der Waals surface area contributed by atoms with E-state index in [4.69, 9.17) is 22.0 Å². The number of carboxylic acids is 1. The standard InChI is InChI=1S/C13H15ClN2O2/c1-2-5-16(9-13(17)18)8-11-4-3-10(7-15)6-12(11)14/h3-4,6H,2,5,8-9H2,1H3,(H,17,18). The average Bonchev–Trinajstić information content (AvgIpc) is 2.31. The Labute approximate surface area is 111 Å². The molecule has 0 bridgehead atoms. The van der Waals surface area contributed by atoms with E-state index in [2.05, 4.69) is 0 Å². The lowest BCUT2D eigenvalue weighted by molar-refractivity contribution is -0.138. The number of nitriles is 1. The molecular weight excluding hydrogens is 252 g/mol. The molecule has 0 aromatic heterocycles. The lowest BCUT2D eigenvalue weighted by Gasteiger charge is -2.20. The van der Waals surface area contributed by atoms with Gasteiger partial charge in [-0.05, 0) is 30.7 Å². The molecule has 0 aliphatic heterocycles. The van der Waals surface area contributed by atoms with Gasteiger partial charge in [-0.3, -0.25) is 9.69 Å². The van der Waals surface area contributed by atoms with Crippen LogP contribution in [0, 0.1) is 11.3 Å². The van der Waals surface area contributed by atoms with E-state index >= 15 is 0 Å². The molecular formula is C13H15ClN2O2. The van der Waals surface area contributed by atoms with Gasteiger partial charge in [0.05, 0.1) is 18.2 Å². The van der Waals surface area contributed by atoms with Crippen LogP contribution in [0.2, 0.25) is 5.02 Å². The molecule has 0 unspecified atom stereocenters. The molecule has 1 rings (SSSR count). The maximum absolute atomic E-state index is 10.7. The van der Waals surface area contributed by atoms with Crippen LogP contribution in [0.3, 0.4) is 0 Å². The van der Waals surface area contributed by atoms with E-state index in [1.165, 1.54) is 0 Å². The summed E-state index contributed by atoms with van der Waals surface area (Å²) in [5.41, 5.74) is 1.34. The molecule has 0 spiro atoms. The number of hydrogen-bond acceptors (Lipinski definition) is 3. The minimum Gasteiger partial charge on any atom is -0.480 e. The maximum Gasteiger partial charge on any atom is 0.317 e. The van der Waals surface area contributed by atoms with Gasteiger partial charge < -0.3 is 5.11 Å². The van der Waals surface area contributed by atoms with Gasteiger partial charge >= 0.3 is 5.97 Å². The average molecular weight is 267 g/mol. The van der Waals surface area contributed by atoms with E-state index in [1.807, 2.05) is 17.9 Å². The molecule has 0 fully saturated rings. The van der Waals surface area contributed by atoms with Crippen LogP contribution in [0.4, 0.5) is 0 Å². The second-order valence-electron chi connectivity index (χ2n) is 4.02. The minimum absolute atomic E-state index is 0.00975. The predicted octanol–water partition coefficient (Wildman–Crippen LogP) is 2.51. The van der Waals surface area contributed by atoms with Gasteiger partial charge in [0.15, 0.2) is 0 Å². The summed E-state index contributed by atoms with van der Waals surface area (Å²) in [6.07, 6.45) is 0.876. The summed E-state index contributed by atoms with van der Waals surface area (Å²) >= 11 is 6.06. The molecule has 0 radical (unpaired) electrons. The van der Waals surface area contributed by atoms with Gasteiger partial charge in [-0.25, -0.2) is 0 Å². The summed E-state index contributed by atoms with van der Waals surface area (Å²) in [5.74, 6) is -0.854. The predicted molar refractivity (Wildman–Crippen MR) is 69.4 cm³/mol. The molecule has 96 valence electrons. The second-order valence-corrected chi connectivity index (χ2v) is 4.43.